The van der Waals surface area contributed by atoms with Gasteiger partial charge in [-0.25, -0.2) is 0 Å². The van der Waals surface area contributed by atoms with Crippen LogP contribution in [0.1, 0.15) is 33.6 Å². The van der Waals surface area contributed by atoms with E-state index < -0.39 is 6.04 Å². The van der Waals surface area contributed by atoms with Crippen LogP contribution in [0.4, 0.5) is 0 Å². The first-order valence-corrected chi connectivity index (χ1v) is 6.26. The predicted octanol–water partition coefficient (Wildman–Crippen LogP) is 0.0968. The third-order valence-corrected chi connectivity index (χ3v) is 3.07. The molecule has 98 valence electrons. The van der Waals surface area contributed by atoms with E-state index in [0.717, 1.165) is 12.8 Å². The Morgan fingerprint density at radius 1 is 1.24 bits per heavy atom. The van der Waals surface area contributed by atoms with Crippen LogP contribution in [0.25, 0.3) is 0 Å². The van der Waals surface area contributed by atoms with E-state index in [2.05, 4.69) is 5.32 Å². The van der Waals surface area contributed by atoms with Crippen LogP contribution in [0.15, 0.2) is 0 Å². The number of hydrogen-bond acceptors (Lipinski definition) is 3. The molecule has 1 aliphatic heterocycles. The molecule has 1 saturated heterocycles. The van der Waals surface area contributed by atoms with Gasteiger partial charge in [0.25, 0.3) is 0 Å². The van der Waals surface area contributed by atoms with Crippen molar-refractivity contribution in [3.63, 3.8) is 0 Å². The highest BCUT2D eigenvalue weighted by Gasteiger charge is 2.25. The third kappa shape index (κ3) is 4.00. The minimum absolute atomic E-state index is 0.00126. The van der Waals surface area contributed by atoms with Crippen molar-refractivity contribution in [2.45, 2.75) is 45.7 Å². The highest BCUT2D eigenvalue weighted by Crippen LogP contribution is 2.11. The van der Waals surface area contributed by atoms with Crippen LogP contribution in [0.5, 0.6) is 0 Å². The highest BCUT2D eigenvalue weighted by atomic mass is 16.2. The fraction of sp³-hybridized carbons (Fsp3) is 0.833. The van der Waals surface area contributed by atoms with E-state index in [1.54, 1.807) is 11.8 Å². The van der Waals surface area contributed by atoms with Gasteiger partial charge in [-0.1, -0.05) is 13.8 Å². The zero-order valence-corrected chi connectivity index (χ0v) is 10.9. The summed E-state index contributed by atoms with van der Waals surface area (Å²) in [7, 11) is 0. The zero-order valence-electron chi connectivity index (χ0n) is 10.9. The monoisotopic (exact) mass is 241 g/mol. The first-order valence-electron chi connectivity index (χ1n) is 6.26. The van der Waals surface area contributed by atoms with E-state index in [0.29, 0.717) is 13.1 Å². The summed E-state index contributed by atoms with van der Waals surface area (Å²) in [6, 6.07) is -0.237. The van der Waals surface area contributed by atoms with E-state index in [1.807, 2.05) is 13.8 Å². The second-order valence-electron chi connectivity index (χ2n) is 5.05. The van der Waals surface area contributed by atoms with Gasteiger partial charge in [-0.15, -0.1) is 0 Å². The molecule has 1 fully saturated rings. The van der Waals surface area contributed by atoms with Gasteiger partial charge in [-0.05, 0) is 19.8 Å². The highest BCUT2D eigenvalue weighted by molar-refractivity contribution is 5.81. The molecule has 0 radical (unpaired) electrons. The molecule has 0 spiro atoms. The first-order chi connectivity index (χ1) is 7.91. The Balaban J connectivity index is 2.36. The van der Waals surface area contributed by atoms with Crippen LogP contribution in [-0.2, 0) is 9.59 Å². The molecular weight excluding hydrogens is 218 g/mol. The molecule has 0 bridgehead atoms. The van der Waals surface area contributed by atoms with E-state index in [1.165, 1.54) is 0 Å². The van der Waals surface area contributed by atoms with Gasteiger partial charge in [-0.2, -0.15) is 0 Å². The molecule has 3 N–H and O–H groups in total. The Kier molecular flexibility index (Phi) is 4.93. The van der Waals surface area contributed by atoms with E-state index >= 15 is 0 Å². The summed E-state index contributed by atoms with van der Waals surface area (Å²) in [5, 5.41) is 3.00. The Morgan fingerprint density at radius 2 is 1.76 bits per heavy atom. The summed E-state index contributed by atoms with van der Waals surface area (Å²) < 4.78 is 0. The van der Waals surface area contributed by atoms with E-state index in [4.69, 9.17) is 5.73 Å². The topological polar surface area (TPSA) is 75.4 Å². The standard InChI is InChI=1S/C12H23N3O2/c1-8(2)11(16)14-10-4-6-15(7-5-10)12(17)9(3)13/h8-10H,4-7,13H2,1-3H3,(H,14,16)/t9-/m1/s1. The molecule has 1 aliphatic rings. The van der Waals surface area contributed by atoms with Gasteiger partial charge in [0.1, 0.15) is 0 Å². The van der Waals surface area contributed by atoms with Gasteiger partial charge >= 0.3 is 0 Å². The van der Waals surface area contributed by atoms with Crippen molar-refractivity contribution in [2.24, 2.45) is 11.7 Å². The Labute approximate surface area is 103 Å². The maximum absolute atomic E-state index is 11.6. The molecule has 0 aliphatic carbocycles. The summed E-state index contributed by atoms with van der Waals surface area (Å²) in [5.41, 5.74) is 5.56. The zero-order chi connectivity index (χ0) is 13.0. The number of nitrogens with two attached hydrogens (primary N) is 1. The molecule has 5 nitrogen and oxygen atoms in total. The minimum atomic E-state index is -0.434. The van der Waals surface area contributed by atoms with Crippen LogP contribution in [0.3, 0.4) is 0 Å². The smallest absolute Gasteiger partial charge is 0.239 e. The van der Waals surface area contributed by atoms with E-state index in [-0.39, 0.29) is 23.8 Å². The normalized spacial score (nSPS) is 19.2. The molecule has 0 aromatic rings. The molecule has 0 aromatic carbocycles. The van der Waals surface area contributed by atoms with Crippen molar-refractivity contribution < 1.29 is 9.59 Å². The van der Waals surface area contributed by atoms with Crippen molar-refractivity contribution in [1.29, 1.82) is 0 Å². The largest absolute Gasteiger partial charge is 0.353 e. The van der Waals surface area contributed by atoms with Gasteiger partial charge in [0.2, 0.25) is 11.8 Å². The lowest BCUT2D eigenvalue weighted by atomic mass is 10.0. The second-order valence-corrected chi connectivity index (χ2v) is 5.05. The number of piperidine rings is 1. The van der Waals surface area contributed by atoms with Gasteiger partial charge in [0.15, 0.2) is 0 Å². The minimum Gasteiger partial charge on any atom is -0.353 e. The lowest BCUT2D eigenvalue weighted by Crippen LogP contribution is -2.50. The molecule has 1 rings (SSSR count). The average molecular weight is 241 g/mol. The van der Waals surface area contributed by atoms with E-state index in [9.17, 15) is 9.59 Å². The quantitative estimate of drug-likeness (QED) is 0.735. The maximum Gasteiger partial charge on any atom is 0.239 e. The third-order valence-electron chi connectivity index (χ3n) is 3.07. The molecule has 2 amide bonds. The molecular formula is C12H23N3O2. The number of carbonyl (C=O) groups excluding carboxylic acids is 2. The lowest BCUT2D eigenvalue weighted by Gasteiger charge is -2.33. The summed E-state index contributed by atoms with van der Waals surface area (Å²) in [6.07, 6.45) is 1.63. The molecule has 1 atom stereocenters. The first kappa shape index (κ1) is 14.0. The summed E-state index contributed by atoms with van der Waals surface area (Å²) in [5.74, 6) is 0.0966. The van der Waals surface area contributed by atoms with Crippen LogP contribution in [-0.4, -0.2) is 41.9 Å². The molecule has 5 heteroatoms. The molecule has 0 aromatic heterocycles. The SMILES string of the molecule is CC(C)C(=O)NC1CCN(C(=O)[C@@H](C)N)CC1. The number of amides is 2. The van der Waals surface area contributed by atoms with Gasteiger partial charge in [0.05, 0.1) is 6.04 Å². The predicted molar refractivity (Wildman–Crippen MR) is 66.2 cm³/mol. The fourth-order valence-corrected chi connectivity index (χ4v) is 1.90. The maximum atomic E-state index is 11.6. The molecule has 17 heavy (non-hydrogen) atoms. The van der Waals surface area contributed by atoms with Crippen molar-refractivity contribution in [3.8, 4) is 0 Å². The van der Waals surface area contributed by atoms with Crippen LogP contribution < -0.4 is 11.1 Å². The molecule has 1 heterocycles. The van der Waals surface area contributed by atoms with Crippen LogP contribution in [0.2, 0.25) is 0 Å². The van der Waals surface area contributed by atoms with Crippen molar-refractivity contribution in [2.75, 3.05) is 13.1 Å². The fourth-order valence-electron chi connectivity index (χ4n) is 1.90. The lowest BCUT2D eigenvalue weighted by molar-refractivity contribution is -0.133. The molecule has 0 saturated carbocycles. The Morgan fingerprint density at radius 3 is 2.18 bits per heavy atom. The summed E-state index contributed by atoms with van der Waals surface area (Å²) in [4.78, 5) is 25.0. The number of nitrogens with one attached hydrogen (secondary N) is 1. The number of rotatable bonds is 3. The average Bonchev–Trinajstić information content (AvgIpc) is 2.28. The summed E-state index contributed by atoms with van der Waals surface area (Å²) >= 11 is 0. The Bertz CT molecular complexity index is 281. The van der Waals surface area contributed by atoms with Crippen molar-refractivity contribution in [1.82, 2.24) is 10.2 Å². The molecule has 0 unspecified atom stereocenters. The second kappa shape index (κ2) is 6.00. The van der Waals surface area contributed by atoms with Crippen molar-refractivity contribution in [3.05, 3.63) is 0 Å². The number of nitrogens with zero attached hydrogens (tertiary/aromatic N) is 1. The number of hydrogen-bond donors (Lipinski definition) is 2. The summed E-state index contributed by atoms with van der Waals surface area (Å²) in [6.45, 7) is 6.83. The van der Waals surface area contributed by atoms with Crippen LogP contribution in [0, 0.1) is 5.92 Å². The van der Waals surface area contributed by atoms with Crippen LogP contribution >= 0.6 is 0 Å². The number of carbonyl (C=O) groups is 2. The van der Waals surface area contributed by atoms with Gasteiger partial charge in [-0.3, -0.25) is 9.59 Å². The van der Waals surface area contributed by atoms with Gasteiger partial charge < -0.3 is 16.0 Å². The number of likely N-dealkylation sites (tertiary alicyclic amines) is 1. The van der Waals surface area contributed by atoms with Gasteiger partial charge in [0, 0.05) is 25.0 Å². The van der Waals surface area contributed by atoms with Crippen molar-refractivity contribution >= 4 is 11.8 Å². The Hall–Kier alpha value is -1.10.